The highest BCUT2D eigenvalue weighted by atomic mass is 35.5. The lowest BCUT2D eigenvalue weighted by Crippen LogP contribution is -2.20. The van der Waals surface area contributed by atoms with Crippen LogP contribution in [0.4, 0.5) is 5.82 Å². The van der Waals surface area contributed by atoms with Crippen molar-refractivity contribution in [2.75, 3.05) is 18.5 Å². The molecule has 0 amide bonds. The maximum atomic E-state index is 6.28. The zero-order valence-corrected chi connectivity index (χ0v) is 16.5. The monoisotopic (exact) mass is 379 g/mol. The Morgan fingerprint density at radius 1 is 1.15 bits per heavy atom. The van der Waals surface area contributed by atoms with Gasteiger partial charge in [-0.05, 0) is 37.6 Å². The third-order valence-corrected chi connectivity index (χ3v) is 5.02. The van der Waals surface area contributed by atoms with E-state index in [1.54, 1.807) is 4.52 Å². The summed E-state index contributed by atoms with van der Waals surface area (Å²) < 4.78 is 1.81. The van der Waals surface area contributed by atoms with Crippen molar-refractivity contribution >= 4 is 34.0 Å². The highest BCUT2D eigenvalue weighted by Crippen LogP contribution is 2.31. The van der Waals surface area contributed by atoms with E-state index in [4.69, 9.17) is 16.6 Å². The SMILES string of the molecule is CCCCN(C)c1nc2c(-c3cccc(C)c3)nnn2c2ccc(Cl)cc12. The van der Waals surface area contributed by atoms with Crippen molar-refractivity contribution in [2.24, 2.45) is 0 Å². The molecule has 2 aromatic heterocycles. The van der Waals surface area contributed by atoms with Crippen molar-refractivity contribution in [2.45, 2.75) is 26.7 Å². The predicted molar refractivity (Wildman–Crippen MR) is 112 cm³/mol. The summed E-state index contributed by atoms with van der Waals surface area (Å²) in [6.07, 6.45) is 2.24. The highest BCUT2D eigenvalue weighted by molar-refractivity contribution is 6.31. The average Bonchev–Trinajstić information content (AvgIpc) is 3.09. The summed E-state index contributed by atoms with van der Waals surface area (Å²) in [5.41, 5.74) is 4.71. The summed E-state index contributed by atoms with van der Waals surface area (Å²) in [6, 6.07) is 14.1. The van der Waals surface area contributed by atoms with Gasteiger partial charge in [-0.1, -0.05) is 53.9 Å². The van der Waals surface area contributed by atoms with Crippen LogP contribution in [-0.4, -0.2) is 33.4 Å². The van der Waals surface area contributed by atoms with Crippen LogP contribution in [0.2, 0.25) is 5.02 Å². The molecule has 0 aliphatic carbocycles. The molecule has 0 atom stereocenters. The maximum absolute atomic E-state index is 6.28. The van der Waals surface area contributed by atoms with Gasteiger partial charge >= 0.3 is 0 Å². The Hall–Kier alpha value is -2.66. The van der Waals surface area contributed by atoms with Crippen molar-refractivity contribution in [3.8, 4) is 11.3 Å². The maximum Gasteiger partial charge on any atom is 0.186 e. The van der Waals surface area contributed by atoms with Gasteiger partial charge in [0.05, 0.1) is 5.52 Å². The molecule has 0 fully saturated rings. The summed E-state index contributed by atoms with van der Waals surface area (Å²) in [4.78, 5) is 7.16. The molecule has 0 unspecified atom stereocenters. The zero-order valence-electron chi connectivity index (χ0n) is 15.8. The topological polar surface area (TPSA) is 46.3 Å². The van der Waals surface area contributed by atoms with E-state index < -0.39 is 0 Å². The molecular formula is C21H22ClN5. The van der Waals surface area contributed by atoms with Crippen LogP contribution in [0.1, 0.15) is 25.3 Å². The first-order valence-corrected chi connectivity index (χ1v) is 9.59. The second-order valence-corrected chi connectivity index (χ2v) is 7.35. The number of fused-ring (bicyclic) bond motifs is 3. The van der Waals surface area contributed by atoms with Gasteiger partial charge in [-0.2, -0.15) is 4.52 Å². The van der Waals surface area contributed by atoms with Gasteiger partial charge in [0, 0.05) is 29.6 Å². The van der Waals surface area contributed by atoms with Crippen LogP contribution in [0, 0.1) is 6.92 Å². The second kappa shape index (κ2) is 7.16. The Balaban J connectivity index is 1.99. The van der Waals surface area contributed by atoms with Crippen molar-refractivity contribution in [1.82, 2.24) is 19.8 Å². The zero-order chi connectivity index (χ0) is 19.0. The lowest BCUT2D eigenvalue weighted by atomic mass is 10.1. The van der Waals surface area contributed by atoms with E-state index >= 15 is 0 Å². The van der Waals surface area contributed by atoms with Crippen LogP contribution >= 0.6 is 11.6 Å². The molecule has 138 valence electrons. The lowest BCUT2D eigenvalue weighted by molar-refractivity contribution is 0.761. The molecule has 0 N–H and O–H groups in total. The fraction of sp³-hybridized carbons (Fsp3) is 0.286. The number of halogens is 1. The van der Waals surface area contributed by atoms with Gasteiger partial charge in [-0.3, -0.25) is 0 Å². The minimum absolute atomic E-state index is 0.688. The Morgan fingerprint density at radius 2 is 2.00 bits per heavy atom. The number of hydrogen-bond donors (Lipinski definition) is 0. The molecule has 0 saturated heterocycles. The van der Waals surface area contributed by atoms with Gasteiger partial charge in [0.15, 0.2) is 5.65 Å². The van der Waals surface area contributed by atoms with Crippen molar-refractivity contribution < 1.29 is 0 Å². The number of rotatable bonds is 5. The first-order valence-electron chi connectivity index (χ1n) is 9.21. The van der Waals surface area contributed by atoms with Crippen molar-refractivity contribution in [1.29, 1.82) is 0 Å². The van der Waals surface area contributed by atoms with Crippen LogP contribution < -0.4 is 4.90 Å². The molecular weight excluding hydrogens is 358 g/mol. The summed E-state index contributed by atoms with van der Waals surface area (Å²) in [5, 5.41) is 10.5. The highest BCUT2D eigenvalue weighted by Gasteiger charge is 2.18. The van der Waals surface area contributed by atoms with Crippen LogP contribution in [-0.2, 0) is 0 Å². The Morgan fingerprint density at radius 3 is 2.78 bits per heavy atom. The van der Waals surface area contributed by atoms with Crippen molar-refractivity contribution in [3.63, 3.8) is 0 Å². The van der Waals surface area contributed by atoms with Crippen LogP contribution in [0.5, 0.6) is 0 Å². The van der Waals surface area contributed by atoms with E-state index in [2.05, 4.69) is 48.2 Å². The number of hydrogen-bond acceptors (Lipinski definition) is 4. The fourth-order valence-electron chi connectivity index (χ4n) is 3.34. The largest absolute Gasteiger partial charge is 0.359 e. The molecule has 2 aromatic carbocycles. The number of benzene rings is 2. The molecule has 4 aromatic rings. The van der Waals surface area contributed by atoms with E-state index in [0.29, 0.717) is 5.02 Å². The summed E-state index contributed by atoms with van der Waals surface area (Å²) in [6.45, 7) is 5.20. The van der Waals surface area contributed by atoms with Gasteiger partial charge in [-0.25, -0.2) is 4.98 Å². The number of aryl methyl sites for hydroxylation is 1. The molecule has 0 aliphatic heterocycles. The van der Waals surface area contributed by atoms with Crippen LogP contribution in [0.15, 0.2) is 42.5 Å². The third kappa shape index (κ3) is 3.23. The number of nitrogens with zero attached hydrogens (tertiary/aromatic N) is 5. The molecule has 0 radical (unpaired) electrons. The number of aromatic nitrogens is 4. The fourth-order valence-corrected chi connectivity index (χ4v) is 3.52. The number of unbranched alkanes of at least 4 members (excludes halogenated alkanes) is 1. The minimum atomic E-state index is 0.688. The van der Waals surface area contributed by atoms with Gasteiger partial charge in [-0.15, -0.1) is 5.10 Å². The van der Waals surface area contributed by atoms with E-state index in [1.807, 2.05) is 30.3 Å². The average molecular weight is 380 g/mol. The Labute approximate surface area is 163 Å². The Kier molecular flexibility index (Phi) is 4.70. The van der Waals surface area contributed by atoms with Crippen molar-refractivity contribution in [3.05, 3.63) is 53.1 Å². The van der Waals surface area contributed by atoms with E-state index in [0.717, 1.165) is 53.0 Å². The minimum Gasteiger partial charge on any atom is -0.359 e. The van der Waals surface area contributed by atoms with E-state index in [-0.39, 0.29) is 0 Å². The normalized spacial score (nSPS) is 11.4. The van der Waals surface area contributed by atoms with E-state index in [1.165, 1.54) is 5.56 Å². The molecule has 0 spiro atoms. The molecule has 5 nitrogen and oxygen atoms in total. The number of anilines is 1. The van der Waals surface area contributed by atoms with Crippen LogP contribution in [0.3, 0.4) is 0 Å². The second-order valence-electron chi connectivity index (χ2n) is 6.91. The first kappa shape index (κ1) is 17.7. The standard InChI is InChI=1S/C21H22ClN5/c1-4-5-11-26(3)20-17-13-16(22)9-10-18(17)27-21(23-20)19(24-25-27)15-8-6-7-14(2)12-15/h6-10,12-13H,4-5,11H2,1-3H3. The van der Waals surface area contributed by atoms with Crippen LogP contribution in [0.25, 0.3) is 27.8 Å². The lowest BCUT2D eigenvalue weighted by Gasteiger charge is -2.20. The van der Waals surface area contributed by atoms with Gasteiger partial charge in [0.2, 0.25) is 0 Å². The van der Waals surface area contributed by atoms with Gasteiger partial charge < -0.3 is 4.90 Å². The van der Waals surface area contributed by atoms with Gasteiger partial charge in [0.1, 0.15) is 11.5 Å². The quantitative estimate of drug-likeness (QED) is 0.481. The summed E-state index contributed by atoms with van der Waals surface area (Å²) in [5.74, 6) is 0.907. The van der Waals surface area contributed by atoms with E-state index in [9.17, 15) is 0 Å². The molecule has 0 aliphatic rings. The third-order valence-electron chi connectivity index (χ3n) is 4.79. The molecule has 0 saturated carbocycles. The molecule has 27 heavy (non-hydrogen) atoms. The Bertz CT molecular complexity index is 1120. The molecule has 4 rings (SSSR count). The smallest absolute Gasteiger partial charge is 0.186 e. The summed E-state index contributed by atoms with van der Waals surface area (Å²) in [7, 11) is 2.07. The molecule has 2 heterocycles. The molecule has 0 bridgehead atoms. The summed E-state index contributed by atoms with van der Waals surface area (Å²) >= 11 is 6.28. The van der Waals surface area contributed by atoms with Gasteiger partial charge in [0.25, 0.3) is 0 Å². The predicted octanol–water partition coefficient (Wildman–Crippen LogP) is 5.14. The molecule has 6 heteroatoms. The first-order chi connectivity index (χ1) is 13.1.